The Balaban J connectivity index is -0.000000298. The van der Waals surface area contributed by atoms with Crippen molar-refractivity contribution < 1.29 is 122 Å². The summed E-state index contributed by atoms with van der Waals surface area (Å²) in [6, 6.07) is 8.53. The largest absolute Gasteiger partial charge is 1.00 e. The second-order valence-corrected chi connectivity index (χ2v) is 33.2. The molecule has 5 rings (SSSR count). The Morgan fingerprint density at radius 2 is 0.958 bits per heavy atom. The molecule has 2 aromatic rings. The summed E-state index contributed by atoms with van der Waals surface area (Å²) in [5.41, 5.74) is 5.39. The molecular weight excluding hydrogens is 1570 g/mol. The van der Waals surface area contributed by atoms with Gasteiger partial charge in [-0.3, -0.25) is 14.8 Å². The Hall–Kier alpha value is -2.14. The summed E-state index contributed by atoms with van der Waals surface area (Å²) < 4.78 is 45.3. The number of nitrogens with zero attached hydrogens (tertiary/aromatic N) is 2. The zero-order chi connectivity index (χ0) is 73.8. The van der Waals surface area contributed by atoms with Crippen LogP contribution in [0.25, 0.3) is 0 Å². The fraction of sp³-hybridized carbons (Fsp3) is 0.754. The van der Waals surface area contributed by atoms with E-state index in [0.717, 1.165) is 82.7 Å². The zero-order valence-corrected chi connectivity index (χ0v) is 70.3. The molecule has 27 heteroatoms. The third-order valence-corrected chi connectivity index (χ3v) is 12.1. The maximum Gasteiger partial charge on any atom is 0.508 e. The van der Waals surface area contributed by atoms with Gasteiger partial charge in [0, 0.05) is 64.5 Å². The fourth-order valence-corrected chi connectivity index (χ4v) is 7.20. The summed E-state index contributed by atoms with van der Waals surface area (Å²) in [5, 5.41) is 60.1. The molecule has 0 amide bonds. The van der Waals surface area contributed by atoms with Crippen LogP contribution in [0.2, 0.25) is 0 Å². The molecule has 1 saturated carbocycles. The Kier molecular flexibility index (Phi) is 62.7. The van der Waals surface area contributed by atoms with Gasteiger partial charge in [-0.25, -0.2) is 14.8 Å². The Morgan fingerprint density at radius 3 is 1.20 bits per heavy atom. The van der Waals surface area contributed by atoms with Crippen LogP contribution in [0.1, 0.15) is 225 Å². The van der Waals surface area contributed by atoms with Crippen LogP contribution in [0, 0.1) is 0 Å². The van der Waals surface area contributed by atoms with Crippen LogP contribution in [0.5, 0.6) is 11.5 Å². The van der Waals surface area contributed by atoms with Crippen LogP contribution >= 0.6 is 62.2 Å². The predicted octanol–water partition coefficient (Wildman–Crippen LogP) is 11.2. The number of phenols is 2. The van der Waals surface area contributed by atoms with Gasteiger partial charge in [-0.1, -0.05) is 153 Å². The summed E-state index contributed by atoms with van der Waals surface area (Å²) in [7, 11) is 3.16. The van der Waals surface area contributed by atoms with Crippen LogP contribution in [-0.4, -0.2) is 184 Å². The molecule has 2 aromatic carbocycles. The predicted molar refractivity (Wildman–Crippen MR) is 401 cm³/mol. The molecule has 96 heavy (non-hydrogen) atoms. The summed E-state index contributed by atoms with van der Waals surface area (Å²) in [5.74, 6) is -0.197. The number of rotatable bonds is 19. The first kappa shape index (κ1) is 105. The molecule has 0 spiro atoms. The normalized spacial score (nSPS) is 16.6. The van der Waals surface area contributed by atoms with Crippen molar-refractivity contribution in [2.45, 2.75) is 274 Å². The summed E-state index contributed by atoms with van der Waals surface area (Å²) >= 11 is 4.55. The summed E-state index contributed by atoms with van der Waals surface area (Å²) in [6.07, 6.45) is 5.34. The molecule has 565 valence electrons. The number of aromatic hydroxyl groups is 2. The van der Waals surface area contributed by atoms with Crippen molar-refractivity contribution in [3.05, 3.63) is 57.6 Å². The third kappa shape index (κ3) is 61.7. The number of carboxylic acid groups (broad SMARTS) is 1. The number of hydrogen-bond acceptors (Lipinski definition) is 19. The maximum absolute atomic E-state index is 11.3. The molecule has 2 saturated heterocycles. The van der Waals surface area contributed by atoms with Crippen LogP contribution in [0.3, 0.4) is 0 Å². The minimum Gasteiger partial charge on any atom is -1.00 e. The fourth-order valence-electron chi connectivity index (χ4n) is 7.20. The molecule has 1 aliphatic carbocycles. The molecular formula is C69H126ClCoI2N3O18P2. The maximum atomic E-state index is 11.3. The first-order valence-electron chi connectivity index (χ1n) is 32.2. The third-order valence-electron chi connectivity index (χ3n) is 12.1. The summed E-state index contributed by atoms with van der Waals surface area (Å²) in [6.45, 7) is 50.8. The van der Waals surface area contributed by atoms with Crippen molar-refractivity contribution in [1.82, 2.24) is 0 Å². The topological polar surface area (TPSA) is 313 Å². The average molecular weight is 1700 g/mol. The number of epoxide rings is 2. The second kappa shape index (κ2) is 57.4. The number of carboxylic acids is 1. The van der Waals surface area contributed by atoms with Crippen LogP contribution in [-0.2, 0) is 85.9 Å². The van der Waals surface area contributed by atoms with Crippen LogP contribution in [0.15, 0.2) is 34.3 Å². The Bertz CT molecular complexity index is 2310. The number of aliphatic carboxylic acids is 1. The SMILES string of the molecule is C1CO1.CC(=O)O.CC(C)(C)c1cc(C=NC2CCCCC2N=Cc2cc(C(C)(C)C)cc(C(C)(C)C)c2O)c(O)c(C(C)(C)C)c1.CC(C)O.CC(C)OCC(C)OC(=O)OCC(C)OCCO.CC(O)COC(=O)OC(C)COC(C)C.CC1CO1.ICI.[Cl-].[Co].[NH2+]=PP. The van der Waals surface area contributed by atoms with Crippen LogP contribution < -0.4 is 17.6 Å². The average Bonchev–Trinajstić information content (AvgIpc) is 0.806. The van der Waals surface area contributed by atoms with Crippen molar-refractivity contribution in [3.63, 3.8) is 0 Å². The number of carbonyl (C=O) groups is 3. The van der Waals surface area contributed by atoms with E-state index in [9.17, 15) is 19.8 Å². The molecule has 8 N–H and O–H groups in total. The second-order valence-electron chi connectivity index (χ2n) is 27.5. The first-order valence-corrected chi connectivity index (χ1v) is 37.8. The van der Waals surface area contributed by atoms with Gasteiger partial charge < -0.3 is 85.7 Å². The molecule has 0 bridgehead atoms. The van der Waals surface area contributed by atoms with Gasteiger partial charge >= 0.3 is 12.3 Å². The quantitative estimate of drug-likeness (QED) is 0.0172. The van der Waals surface area contributed by atoms with Crippen molar-refractivity contribution in [2.24, 2.45) is 9.98 Å². The standard InChI is InChI=1S/C36H54N2O2.C12H24O6.C10H20O5.C3H6O.C3H8O.C2H4O2.C2H4O.CH2I2.ClH.Co.H3NP2/c1-33(2,3)25-17-23(31(39)27(19-25)35(7,8)9)21-37-29-15-13-14-16-30(29)38-22-24-18-26(34(4,5)6)20-28(32(24)40)36(10,11)12;1-9(2)16-8-11(4)18-12(14)17-7-10(3)15-6-5-13;1-7(2)13-6-9(4)15-10(12)14-5-8(3)11;1-3-2-4-3;1-3(2)4;1-2(3)4;1-2-3-1;2-1-3;;;1-3-2/h17-22,29-30,39-40H,13-16H2,1-12H3;9-11,13H,5-8H2,1-4H3;7-9,11H,5-6H2,1-4H3;3H,2H2,1H3;3-4H,1-2H3;1H3,(H,3,4);1-2H2;1H2;1H;;1H,2H2. The van der Waals surface area contributed by atoms with E-state index < -0.39 is 24.4 Å². The molecule has 8 unspecified atom stereocenters. The minimum absolute atomic E-state index is 0. The van der Waals surface area contributed by atoms with Gasteiger partial charge in [0.15, 0.2) is 0 Å². The number of ether oxygens (including phenoxy) is 9. The molecule has 3 fully saturated rings. The molecule has 2 aliphatic heterocycles. The Labute approximate surface area is 625 Å². The van der Waals surface area contributed by atoms with Gasteiger partial charge in [-0.05, 0) is 143 Å². The molecule has 1 radical (unpaired) electrons. The molecule has 3 aliphatic rings. The van der Waals surface area contributed by atoms with E-state index in [1.165, 1.54) is 20.5 Å². The molecule has 2 heterocycles. The smallest absolute Gasteiger partial charge is 0.508 e. The van der Waals surface area contributed by atoms with Crippen molar-refractivity contribution in [3.8, 4) is 11.5 Å². The van der Waals surface area contributed by atoms with Crippen molar-refractivity contribution in [1.29, 1.82) is 0 Å². The van der Waals surface area contributed by atoms with Gasteiger partial charge in [0.1, 0.15) is 36.9 Å². The van der Waals surface area contributed by atoms with E-state index in [1.54, 1.807) is 34.6 Å². The first-order chi connectivity index (χ1) is 43.2. The van der Waals surface area contributed by atoms with Crippen molar-refractivity contribution >= 4 is 92.9 Å². The van der Waals surface area contributed by atoms with Crippen molar-refractivity contribution in [2.75, 3.05) is 61.9 Å². The number of phenolic OH excluding ortho intramolecular Hbond substituents is 2. The number of aliphatic hydroxyl groups is 3. The number of alkyl halides is 2. The van der Waals surface area contributed by atoms with Gasteiger partial charge in [-0.15, -0.1) is 0 Å². The summed E-state index contributed by atoms with van der Waals surface area (Å²) in [4.78, 5) is 41.3. The number of nitrogens with two attached hydrogens (primary N) is 1. The van der Waals surface area contributed by atoms with E-state index in [0.29, 0.717) is 30.8 Å². The van der Waals surface area contributed by atoms with E-state index >= 15 is 0 Å². The molecule has 8 atom stereocenters. The number of aliphatic hydroxyl groups excluding tert-OH is 3. The Morgan fingerprint density at radius 1 is 0.656 bits per heavy atom. The number of carbonyl (C=O) groups excluding carboxylic acids is 2. The minimum atomic E-state index is -0.833. The van der Waals surface area contributed by atoms with Gasteiger partial charge in [0.25, 0.3) is 5.97 Å². The zero-order valence-electron chi connectivity index (χ0n) is 62.2. The van der Waals surface area contributed by atoms with Gasteiger partial charge in [0.2, 0.25) is 8.06 Å². The molecule has 0 aromatic heterocycles. The monoisotopic (exact) mass is 1690 g/mol. The van der Waals surface area contributed by atoms with Crippen LogP contribution in [0.4, 0.5) is 9.59 Å². The number of halogens is 3. The van der Waals surface area contributed by atoms with Gasteiger partial charge in [-0.2, -0.15) is 0 Å². The van der Waals surface area contributed by atoms with E-state index in [2.05, 4.69) is 178 Å². The molecule has 21 nitrogen and oxygen atoms in total. The van der Waals surface area contributed by atoms with Gasteiger partial charge in [0.05, 0.1) is 91.3 Å². The number of aliphatic imine (C=N–C) groups is 2. The number of benzene rings is 2. The van der Waals surface area contributed by atoms with E-state index in [4.69, 9.17) is 73.5 Å². The van der Waals surface area contributed by atoms with E-state index in [1.807, 2.05) is 40.1 Å². The number of hydrogen-bond donors (Lipinski definition) is 7. The van der Waals surface area contributed by atoms with E-state index in [-0.39, 0.29) is 126 Å².